The Bertz CT molecular complexity index is 1030. The second-order valence-corrected chi connectivity index (χ2v) is 10.6. The monoisotopic (exact) mass is 472 g/mol. The highest BCUT2D eigenvalue weighted by Crippen LogP contribution is 2.36. The second-order valence-electron chi connectivity index (χ2n) is 8.89. The molecule has 3 rings (SSSR count). The average Bonchev–Trinajstić information content (AvgIpc) is 2.94. The Morgan fingerprint density at radius 2 is 1.84 bits per heavy atom. The summed E-state index contributed by atoms with van der Waals surface area (Å²) >= 11 is 6.79. The Labute approximate surface area is 200 Å². The Kier molecular flexibility index (Phi) is 8.18. The number of pyridine rings is 1. The molecule has 0 radical (unpaired) electrons. The molecule has 0 spiro atoms. The van der Waals surface area contributed by atoms with E-state index in [0.29, 0.717) is 33.8 Å². The van der Waals surface area contributed by atoms with Crippen molar-refractivity contribution in [2.45, 2.75) is 66.3 Å². The highest BCUT2D eigenvalue weighted by molar-refractivity contribution is 8.26. The fraction of sp³-hybridized carbons (Fsp3) is 0.583. The number of rotatable bonds is 6. The van der Waals surface area contributed by atoms with Crippen LogP contribution in [0.25, 0.3) is 6.08 Å². The lowest BCUT2D eigenvalue weighted by Gasteiger charge is -2.29. The molecule has 0 N–H and O–H groups in total. The first-order chi connectivity index (χ1) is 15.3. The van der Waals surface area contributed by atoms with Crippen molar-refractivity contribution in [2.24, 2.45) is 5.92 Å². The van der Waals surface area contributed by atoms with E-state index in [1.165, 1.54) is 24.6 Å². The van der Waals surface area contributed by atoms with E-state index in [9.17, 15) is 14.9 Å². The smallest absolute Gasteiger partial charge is 0.270 e. The van der Waals surface area contributed by atoms with Crippen LogP contribution >= 0.6 is 24.0 Å². The van der Waals surface area contributed by atoms with Gasteiger partial charge in [-0.15, -0.1) is 0 Å². The van der Waals surface area contributed by atoms with Gasteiger partial charge in [0.2, 0.25) is 0 Å². The van der Waals surface area contributed by atoms with Crippen LogP contribution in [0.1, 0.15) is 69.6 Å². The molecule has 2 fully saturated rings. The molecule has 2 aliphatic rings. The third-order valence-corrected chi connectivity index (χ3v) is 7.27. The zero-order valence-corrected chi connectivity index (χ0v) is 21.1. The molecule has 0 saturated carbocycles. The lowest BCUT2D eigenvalue weighted by atomic mass is 10.0. The molecule has 6 nitrogen and oxygen atoms in total. The zero-order chi connectivity index (χ0) is 23.4. The SMILES string of the molecule is CCCn1c(N2CCCCCC2)c(C=C2SC(=S)N(CC(C)C)C2=O)c(C)c(C#N)c1=O. The van der Waals surface area contributed by atoms with Gasteiger partial charge in [0.1, 0.15) is 21.8 Å². The molecular formula is C24H32N4O2S2. The fourth-order valence-electron chi connectivity index (χ4n) is 4.35. The van der Waals surface area contributed by atoms with Crippen molar-refractivity contribution in [3.8, 4) is 6.07 Å². The average molecular weight is 473 g/mol. The van der Waals surface area contributed by atoms with E-state index in [1.54, 1.807) is 9.47 Å². The number of aromatic nitrogens is 1. The number of carbonyl (C=O) groups is 1. The molecule has 0 bridgehead atoms. The molecular weight excluding hydrogens is 440 g/mol. The molecule has 8 heteroatoms. The van der Waals surface area contributed by atoms with Gasteiger partial charge in [0.25, 0.3) is 11.5 Å². The molecule has 1 amide bonds. The molecule has 0 aromatic carbocycles. The Hall–Kier alpha value is -2.11. The number of anilines is 1. The summed E-state index contributed by atoms with van der Waals surface area (Å²) < 4.78 is 2.31. The van der Waals surface area contributed by atoms with Crippen LogP contribution in [-0.4, -0.2) is 39.3 Å². The van der Waals surface area contributed by atoms with Crippen molar-refractivity contribution in [3.63, 3.8) is 0 Å². The Morgan fingerprint density at radius 3 is 2.41 bits per heavy atom. The van der Waals surface area contributed by atoms with E-state index < -0.39 is 0 Å². The minimum Gasteiger partial charge on any atom is -0.357 e. The van der Waals surface area contributed by atoms with E-state index in [1.807, 2.05) is 19.9 Å². The van der Waals surface area contributed by atoms with Gasteiger partial charge in [0, 0.05) is 31.7 Å². The Balaban J connectivity index is 2.22. The first-order valence-electron chi connectivity index (χ1n) is 11.5. The van der Waals surface area contributed by atoms with E-state index in [4.69, 9.17) is 12.2 Å². The molecule has 32 heavy (non-hydrogen) atoms. The van der Waals surface area contributed by atoms with E-state index in [0.717, 1.165) is 43.7 Å². The van der Waals surface area contributed by atoms with Crippen molar-refractivity contribution in [2.75, 3.05) is 24.5 Å². The minimum absolute atomic E-state index is 0.0957. The van der Waals surface area contributed by atoms with Crippen LogP contribution in [-0.2, 0) is 11.3 Å². The van der Waals surface area contributed by atoms with Gasteiger partial charge in [-0.05, 0) is 43.7 Å². The minimum atomic E-state index is -0.240. The number of carbonyl (C=O) groups excluding carboxylic acids is 1. The highest BCUT2D eigenvalue weighted by Gasteiger charge is 2.33. The number of nitriles is 1. The molecule has 0 aliphatic carbocycles. The molecule has 0 unspecified atom stereocenters. The number of amides is 1. The molecule has 2 saturated heterocycles. The number of thioether (sulfide) groups is 1. The van der Waals surface area contributed by atoms with Crippen molar-refractivity contribution < 1.29 is 4.79 Å². The maximum atomic E-state index is 13.2. The predicted octanol–water partition coefficient (Wildman–Crippen LogP) is 4.68. The van der Waals surface area contributed by atoms with Crippen molar-refractivity contribution in [3.05, 3.63) is 31.9 Å². The maximum Gasteiger partial charge on any atom is 0.270 e. The summed E-state index contributed by atoms with van der Waals surface area (Å²) in [6.07, 6.45) is 7.12. The van der Waals surface area contributed by atoms with Crippen LogP contribution < -0.4 is 10.5 Å². The molecule has 3 heterocycles. The van der Waals surface area contributed by atoms with E-state index in [2.05, 4.69) is 24.8 Å². The van der Waals surface area contributed by atoms with Gasteiger partial charge < -0.3 is 4.90 Å². The summed E-state index contributed by atoms with van der Waals surface area (Å²) in [6, 6.07) is 2.12. The summed E-state index contributed by atoms with van der Waals surface area (Å²) in [5.41, 5.74) is 1.34. The van der Waals surface area contributed by atoms with Crippen molar-refractivity contribution in [1.29, 1.82) is 5.26 Å². The summed E-state index contributed by atoms with van der Waals surface area (Å²) in [4.78, 5) is 30.9. The summed E-state index contributed by atoms with van der Waals surface area (Å²) in [7, 11) is 0. The summed E-state index contributed by atoms with van der Waals surface area (Å²) in [5, 5.41) is 9.76. The quantitative estimate of drug-likeness (QED) is 0.442. The molecule has 2 aliphatic heterocycles. The highest BCUT2D eigenvalue weighted by atomic mass is 32.2. The van der Waals surface area contributed by atoms with E-state index in [-0.39, 0.29) is 17.0 Å². The lowest BCUT2D eigenvalue weighted by Crippen LogP contribution is -2.35. The number of thiocarbonyl (C=S) groups is 1. The number of hydrogen-bond donors (Lipinski definition) is 0. The van der Waals surface area contributed by atoms with Gasteiger partial charge in [0.05, 0.1) is 4.91 Å². The maximum absolute atomic E-state index is 13.2. The normalized spacial score (nSPS) is 18.6. The van der Waals surface area contributed by atoms with Crippen molar-refractivity contribution in [1.82, 2.24) is 9.47 Å². The zero-order valence-electron chi connectivity index (χ0n) is 19.4. The predicted molar refractivity (Wildman–Crippen MR) is 136 cm³/mol. The largest absolute Gasteiger partial charge is 0.357 e. The van der Waals surface area contributed by atoms with Crippen LogP contribution in [0.2, 0.25) is 0 Å². The van der Waals surface area contributed by atoms with Crippen LogP contribution in [0, 0.1) is 24.2 Å². The van der Waals surface area contributed by atoms with Crippen LogP contribution in [0.5, 0.6) is 0 Å². The van der Waals surface area contributed by atoms with Crippen LogP contribution in [0.15, 0.2) is 9.70 Å². The topological polar surface area (TPSA) is 69.3 Å². The van der Waals surface area contributed by atoms with E-state index >= 15 is 0 Å². The van der Waals surface area contributed by atoms with Gasteiger partial charge in [0.15, 0.2) is 0 Å². The van der Waals surface area contributed by atoms with Gasteiger partial charge in [-0.1, -0.05) is 57.6 Å². The second kappa shape index (κ2) is 10.7. The van der Waals surface area contributed by atoms with Gasteiger partial charge in [-0.2, -0.15) is 5.26 Å². The molecule has 1 aromatic rings. The van der Waals surface area contributed by atoms with Gasteiger partial charge in [-0.25, -0.2) is 0 Å². The van der Waals surface area contributed by atoms with Crippen molar-refractivity contribution >= 4 is 46.1 Å². The van der Waals surface area contributed by atoms with Crippen LogP contribution in [0.3, 0.4) is 0 Å². The third-order valence-electron chi connectivity index (χ3n) is 5.90. The fourth-order valence-corrected chi connectivity index (χ4v) is 5.61. The van der Waals surface area contributed by atoms with Gasteiger partial charge in [-0.3, -0.25) is 19.1 Å². The number of hydrogen-bond acceptors (Lipinski definition) is 6. The lowest BCUT2D eigenvalue weighted by molar-refractivity contribution is -0.122. The first kappa shape index (κ1) is 24.5. The number of nitrogens with zero attached hydrogens (tertiary/aromatic N) is 4. The first-order valence-corrected chi connectivity index (χ1v) is 12.7. The van der Waals surface area contributed by atoms with Gasteiger partial charge >= 0.3 is 0 Å². The standard InChI is InChI=1S/C24H32N4O2S2/c1-5-10-27-21(26-11-8-6-7-9-12-26)18(17(4)19(14-25)22(27)29)13-20-23(30)28(15-16(2)3)24(31)32-20/h13,16H,5-12,15H2,1-4H3. The summed E-state index contributed by atoms with van der Waals surface area (Å²) in [5.74, 6) is 1.05. The molecule has 172 valence electrons. The van der Waals surface area contributed by atoms with Crippen LogP contribution in [0.4, 0.5) is 5.82 Å². The Morgan fingerprint density at radius 1 is 1.19 bits per heavy atom. The molecule has 0 atom stereocenters. The molecule has 1 aromatic heterocycles. The third kappa shape index (κ3) is 4.94. The summed E-state index contributed by atoms with van der Waals surface area (Å²) in [6.45, 7) is 10.8.